The van der Waals surface area contributed by atoms with Crippen LogP contribution < -0.4 is 10.6 Å². The average molecular weight is 312 g/mol. The van der Waals surface area contributed by atoms with E-state index in [2.05, 4.69) is 15.7 Å². The molecule has 1 aromatic carbocycles. The van der Waals surface area contributed by atoms with E-state index in [4.69, 9.17) is 0 Å². The van der Waals surface area contributed by atoms with Crippen LogP contribution >= 0.6 is 0 Å². The van der Waals surface area contributed by atoms with Crippen molar-refractivity contribution in [1.29, 1.82) is 0 Å². The molecule has 0 radical (unpaired) electrons. The number of urea groups is 1. The maximum Gasteiger partial charge on any atom is 0.416 e. The molecular formula is C14H15F3N4O. The largest absolute Gasteiger partial charge is 0.416 e. The number of hydrogen-bond acceptors (Lipinski definition) is 2. The van der Waals surface area contributed by atoms with E-state index < -0.39 is 17.8 Å². The Balaban J connectivity index is 1.85. The van der Waals surface area contributed by atoms with Gasteiger partial charge in [0.1, 0.15) is 0 Å². The molecule has 0 aliphatic carbocycles. The van der Waals surface area contributed by atoms with E-state index >= 15 is 0 Å². The van der Waals surface area contributed by atoms with Crippen LogP contribution in [-0.4, -0.2) is 15.8 Å². The molecule has 0 aliphatic heterocycles. The lowest BCUT2D eigenvalue weighted by Gasteiger charge is -2.10. The first kappa shape index (κ1) is 15.9. The van der Waals surface area contributed by atoms with Gasteiger partial charge in [0.2, 0.25) is 0 Å². The number of benzene rings is 1. The first-order valence-electron chi connectivity index (χ1n) is 6.51. The summed E-state index contributed by atoms with van der Waals surface area (Å²) in [5.74, 6) is 0. The van der Waals surface area contributed by atoms with Crippen molar-refractivity contribution >= 4 is 6.03 Å². The zero-order valence-electron chi connectivity index (χ0n) is 11.8. The molecule has 22 heavy (non-hydrogen) atoms. The van der Waals surface area contributed by atoms with Gasteiger partial charge in [-0.1, -0.05) is 12.1 Å². The van der Waals surface area contributed by atoms with Gasteiger partial charge in [-0.25, -0.2) is 4.79 Å². The summed E-state index contributed by atoms with van der Waals surface area (Å²) in [6.07, 6.45) is -2.78. The fourth-order valence-electron chi connectivity index (χ4n) is 1.85. The molecule has 0 aliphatic rings. The fourth-order valence-corrected chi connectivity index (χ4v) is 1.85. The summed E-state index contributed by atoms with van der Waals surface area (Å²) in [5.41, 5.74) is 0.460. The lowest BCUT2D eigenvalue weighted by molar-refractivity contribution is -0.137. The average Bonchev–Trinajstić information content (AvgIpc) is 2.88. The number of aromatic nitrogens is 2. The Kier molecular flexibility index (Phi) is 4.69. The second kappa shape index (κ2) is 6.50. The van der Waals surface area contributed by atoms with Gasteiger partial charge < -0.3 is 10.6 Å². The van der Waals surface area contributed by atoms with Gasteiger partial charge in [0.25, 0.3) is 0 Å². The van der Waals surface area contributed by atoms with Crippen molar-refractivity contribution in [3.05, 3.63) is 53.3 Å². The van der Waals surface area contributed by atoms with Gasteiger partial charge in [0.05, 0.1) is 17.8 Å². The highest BCUT2D eigenvalue weighted by molar-refractivity contribution is 5.73. The second-order valence-electron chi connectivity index (χ2n) is 4.68. The molecule has 0 spiro atoms. The highest BCUT2D eigenvalue weighted by Gasteiger charge is 2.30. The van der Waals surface area contributed by atoms with Gasteiger partial charge in [-0.15, -0.1) is 0 Å². The van der Waals surface area contributed by atoms with Gasteiger partial charge in [-0.05, 0) is 23.8 Å². The van der Waals surface area contributed by atoms with Crippen LogP contribution in [0, 0.1) is 0 Å². The van der Waals surface area contributed by atoms with Crippen LogP contribution in [0.1, 0.15) is 16.8 Å². The maximum absolute atomic E-state index is 12.6. The highest BCUT2D eigenvalue weighted by atomic mass is 19.4. The summed E-state index contributed by atoms with van der Waals surface area (Å²) in [5, 5.41) is 9.08. The van der Waals surface area contributed by atoms with Gasteiger partial charge >= 0.3 is 12.2 Å². The number of amides is 2. The minimum atomic E-state index is -4.39. The van der Waals surface area contributed by atoms with Gasteiger partial charge in [-0.2, -0.15) is 18.3 Å². The molecule has 0 unspecified atom stereocenters. The van der Waals surface area contributed by atoms with Crippen LogP contribution in [0.25, 0.3) is 0 Å². The summed E-state index contributed by atoms with van der Waals surface area (Å²) >= 11 is 0. The quantitative estimate of drug-likeness (QED) is 0.911. The van der Waals surface area contributed by atoms with E-state index in [1.165, 1.54) is 12.1 Å². The van der Waals surface area contributed by atoms with E-state index in [0.717, 1.165) is 17.8 Å². The van der Waals surface area contributed by atoms with Crippen molar-refractivity contribution < 1.29 is 18.0 Å². The normalized spacial score (nSPS) is 11.3. The molecule has 0 bridgehead atoms. The Hall–Kier alpha value is -2.51. The Morgan fingerprint density at radius 2 is 1.95 bits per heavy atom. The number of rotatable bonds is 4. The molecule has 118 valence electrons. The van der Waals surface area contributed by atoms with Crippen molar-refractivity contribution in [3.63, 3.8) is 0 Å². The third-order valence-corrected chi connectivity index (χ3v) is 3.06. The number of nitrogens with one attached hydrogen (secondary N) is 2. The van der Waals surface area contributed by atoms with Crippen LogP contribution in [0.5, 0.6) is 0 Å². The Morgan fingerprint density at radius 1 is 1.23 bits per heavy atom. The lowest BCUT2D eigenvalue weighted by atomic mass is 10.1. The lowest BCUT2D eigenvalue weighted by Crippen LogP contribution is -2.35. The Labute approximate surface area is 125 Å². The van der Waals surface area contributed by atoms with E-state index in [0.29, 0.717) is 5.56 Å². The Bertz CT molecular complexity index is 652. The number of aryl methyl sites for hydroxylation is 1. The zero-order chi connectivity index (χ0) is 16.2. The van der Waals surface area contributed by atoms with Gasteiger partial charge in [0, 0.05) is 19.8 Å². The molecule has 8 heteroatoms. The molecule has 2 amide bonds. The standard InChI is InChI=1S/C14H15F3N4O/c1-21-12(5-6-20-21)9-19-13(22)18-8-10-3-2-4-11(7-10)14(15,16)17/h2-7H,8-9H2,1H3,(H2,18,19,22). The van der Waals surface area contributed by atoms with Crippen molar-refractivity contribution in [3.8, 4) is 0 Å². The molecule has 0 atom stereocenters. The minimum Gasteiger partial charge on any atom is -0.334 e. The summed E-state index contributed by atoms with van der Waals surface area (Å²) < 4.78 is 39.3. The first-order valence-corrected chi connectivity index (χ1v) is 6.51. The maximum atomic E-state index is 12.6. The number of halogens is 3. The number of alkyl halides is 3. The fraction of sp³-hybridized carbons (Fsp3) is 0.286. The molecule has 0 saturated heterocycles. The predicted molar refractivity (Wildman–Crippen MR) is 73.7 cm³/mol. The van der Waals surface area contributed by atoms with Crippen molar-refractivity contribution in [2.24, 2.45) is 7.05 Å². The van der Waals surface area contributed by atoms with E-state index in [-0.39, 0.29) is 13.1 Å². The topological polar surface area (TPSA) is 59.0 Å². The van der Waals surface area contributed by atoms with E-state index in [1.54, 1.807) is 24.0 Å². The molecule has 0 fully saturated rings. The number of carbonyl (C=O) groups excluding carboxylic acids is 1. The van der Waals surface area contributed by atoms with Crippen LogP contribution in [0.4, 0.5) is 18.0 Å². The second-order valence-corrected chi connectivity index (χ2v) is 4.68. The van der Waals surface area contributed by atoms with Gasteiger partial charge in [-0.3, -0.25) is 4.68 Å². The van der Waals surface area contributed by atoms with Crippen molar-refractivity contribution in [1.82, 2.24) is 20.4 Å². The summed E-state index contributed by atoms with van der Waals surface area (Å²) in [7, 11) is 1.75. The molecular weight excluding hydrogens is 297 g/mol. The third-order valence-electron chi connectivity index (χ3n) is 3.06. The Morgan fingerprint density at radius 3 is 2.59 bits per heavy atom. The molecule has 1 heterocycles. The summed E-state index contributed by atoms with van der Waals surface area (Å²) in [6, 6.07) is 6.14. The third kappa shape index (κ3) is 4.24. The van der Waals surface area contributed by atoms with Crippen LogP contribution in [-0.2, 0) is 26.3 Å². The van der Waals surface area contributed by atoms with Crippen LogP contribution in [0.3, 0.4) is 0 Å². The minimum absolute atomic E-state index is 0.0150. The first-order chi connectivity index (χ1) is 10.4. The van der Waals surface area contributed by atoms with Crippen molar-refractivity contribution in [2.45, 2.75) is 19.3 Å². The highest BCUT2D eigenvalue weighted by Crippen LogP contribution is 2.29. The molecule has 2 rings (SSSR count). The molecule has 5 nitrogen and oxygen atoms in total. The number of nitrogens with zero attached hydrogens (tertiary/aromatic N) is 2. The zero-order valence-corrected chi connectivity index (χ0v) is 11.8. The monoisotopic (exact) mass is 312 g/mol. The number of hydrogen-bond donors (Lipinski definition) is 2. The smallest absolute Gasteiger partial charge is 0.334 e. The van der Waals surface area contributed by atoms with E-state index in [1.807, 2.05) is 0 Å². The predicted octanol–water partition coefficient (Wildman–Crippen LogP) is 2.44. The van der Waals surface area contributed by atoms with Crippen LogP contribution in [0.15, 0.2) is 36.5 Å². The SMILES string of the molecule is Cn1nccc1CNC(=O)NCc1cccc(C(F)(F)F)c1. The van der Waals surface area contributed by atoms with E-state index in [9.17, 15) is 18.0 Å². The molecule has 2 aromatic rings. The molecule has 0 saturated carbocycles. The summed E-state index contributed by atoms with van der Waals surface area (Å²) in [6.45, 7) is 0.298. The van der Waals surface area contributed by atoms with Crippen molar-refractivity contribution in [2.75, 3.05) is 0 Å². The number of carbonyl (C=O) groups is 1. The van der Waals surface area contributed by atoms with Gasteiger partial charge in [0.15, 0.2) is 0 Å². The van der Waals surface area contributed by atoms with Crippen LogP contribution in [0.2, 0.25) is 0 Å². The molecule has 1 aromatic heterocycles. The molecule has 2 N–H and O–H groups in total. The summed E-state index contributed by atoms with van der Waals surface area (Å²) in [4.78, 5) is 11.6.